The topological polar surface area (TPSA) is 127 Å². The molecule has 1 unspecified atom stereocenters. The van der Waals surface area contributed by atoms with Crippen molar-refractivity contribution in [3.8, 4) is 0 Å². The Morgan fingerprint density at radius 3 is 2.66 bits per heavy atom. The summed E-state index contributed by atoms with van der Waals surface area (Å²) in [5.74, 6) is -0.883. The molecule has 1 aromatic rings. The first-order valence-electron chi connectivity index (χ1n) is 14.1. The molecular weight excluding hydrogens is 548 g/mol. The van der Waals surface area contributed by atoms with Crippen LogP contribution in [-0.2, 0) is 29.0 Å². The Hall–Kier alpha value is -2.28. The van der Waals surface area contributed by atoms with Gasteiger partial charge in [-0.2, -0.15) is 0 Å². The number of allylic oxidation sites excluding steroid dienone is 2. The first-order chi connectivity index (χ1) is 19.2. The van der Waals surface area contributed by atoms with Crippen molar-refractivity contribution in [2.24, 2.45) is 5.92 Å². The van der Waals surface area contributed by atoms with Gasteiger partial charge in [-0.15, -0.1) is 0 Å². The normalized spacial score (nSPS) is 36.0. The van der Waals surface area contributed by atoms with Gasteiger partial charge in [-0.25, -0.2) is 8.42 Å². The number of carbonyl (C=O) groups is 1. The number of sulfonamides is 1. The number of nitrogens with zero attached hydrogens (tertiary/aromatic N) is 1. The van der Waals surface area contributed by atoms with Gasteiger partial charge in [0, 0.05) is 26.1 Å². The average molecular weight is 593 g/mol. The molecule has 1 amide bonds. The van der Waals surface area contributed by atoms with E-state index in [4.69, 9.17) is 18.9 Å². The summed E-state index contributed by atoms with van der Waals surface area (Å²) < 4.78 is 48.4. The minimum atomic E-state index is -3.43. The molecule has 228 valence electrons. The first-order valence-corrected chi connectivity index (χ1v) is 15.9. The molecule has 1 spiro atoms. The number of benzene rings is 1. The number of amides is 1. The largest absolute Gasteiger partial charge is 0.387 e. The van der Waals surface area contributed by atoms with Crippen LogP contribution in [0.5, 0.6) is 0 Å². The molecule has 0 aliphatic carbocycles. The monoisotopic (exact) mass is 592 g/mol. The van der Waals surface area contributed by atoms with Crippen molar-refractivity contribution in [3.05, 3.63) is 53.6 Å². The van der Waals surface area contributed by atoms with Crippen LogP contribution in [0.1, 0.15) is 57.3 Å². The summed E-state index contributed by atoms with van der Waals surface area (Å²) in [6, 6.07) is 6.39. The van der Waals surface area contributed by atoms with Crippen LogP contribution >= 0.6 is 0 Å². The van der Waals surface area contributed by atoms with E-state index < -0.39 is 33.6 Å². The van der Waals surface area contributed by atoms with Crippen LogP contribution in [0.4, 0.5) is 5.69 Å². The number of methoxy groups -OCH3 is 1. The fourth-order valence-corrected chi connectivity index (χ4v) is 6.08. The summed E-state index contributed by atoms with van der Waals surface area (Å²) in [6.07, 6.45) is 7.48. The van der Waals surface area contributed by atoms with E-state index in [-0.39, 0.29) is 30.1 Å². The third-order valence-electron chi connectivity index (χ3n) is 8.53. The number of aliphatic hydroxyl groups is 1. The van der Waals surface area contributed by atoms with E-state index in [2.05, 4.69) is 18.3 Å². The van der Waals surface area contributed by atoms with Gasteiger partial charge in [0.25, 0.3) is 5.91 Å². The Morgan fingerprint density at radius 2 is 2.02 bits per heavy atom. The zero-order valence-electron chi connectivity index (χ0n) is 25.0. The van der Waals surface area contributed by atoms with Crippen molar-refractivity contribution in [1.29, 1.82) is 0 Å². The van der Waals surface area contributed by atoms with Crippen LogP contribution < -0.4 is 9.62 Å². The van der Waals surface area contributed by atoms with Gasteiger partial charge in [0.2, 0.25) is 10.0 Å². The number of rotatable bonds is 9. The maximum atomic E-state index is 13.0. The van der Waals surface area contributed by atoms with Crippen LogP contribution in [0, 0.1) is 5.92 Å². The average Bonchev–Trinajstić information content (AvgIpc) is 3.69. The lowest BCUT2D eigenvalue weighted by Gasteiger charge is -2.42. The molecular formula is C30H44N2O8S. The molecule has 0 aromatic heterocycles. The van der Waals surface area contributed by atoms with Crippen molar-refractivity contribution >= 4 is 21.6 Å². The van der Waals surface area contributed by atoms with Crippen LogP contribution in [0.25, 0.3) is 0 Å². The molecule has 10 nitrogen and oxygen atoms in total. The molecule has 4 rings (SSSR count). The molecule has 8 atom stereocenters. The van der Waals surface area contributed by atoms with Gasteiger partial charge >= 0.3 is 0 Å². The lowest BCUT2D eigenvalue weighted by molar-refractivity contribution is -0.284. The van der Waals surface area contributed by atoms with E-state index in [0.717, 1.165) is 22.6 Å². The number of ether oxygens (including phenoxy) is 4. The molecule has 2 N–H and O–H groups in total. The lowest BCUT2D eigenvalue weighted by Crippen LogP contribution is -2.55. The van der Waals surface area contributed by atoms with Crippen molar-refractivity contribution in [1.82, 2.24) is 5.32 Å². The van der Waals surface area contributed by atoms with Crippen molar-refractivity contribution in [2.45, 2.75) is 88.8 Å². The van der Waals surface area contributed by atoms with Gasteiger partial charge in [-0.05, 0) is 57.7 Å². The maximum Gasteiger partial charge on any atom is 0.251 e. The number of aliphatic hydroxyl groups excluding tert-OH is 1. The highest BCUT2D eigenvalue weighted by molar-refractivity contribution is 7.92. The predicted octanol–water partition coefficient (Wildman–Crippen LogP) is 3.17. The minimum absolute atomic E-state index is 0.00956. The number of hydrogen-bond donors (Lipinski definition) is 2. The summed E-state index contributed by atoms with van der Waals surface area (Å²) in [7, 11) is -0.379. The molecule has 3 aliphatic heterocycles. The molecule has 3 aliphatic rings. The van der Waals surface area contributed by atoms with Gasteiger partial charge in [0.15, 0.2) is 5.79 Å². The Kier molecular flexibility index (Phi) is 9.37. The molecule has 3 saturated heterocycles. The van der Waals surface area contributed by atoms with Gasteiger partial charge in [0.1, 0.15) is 17.8 Å². The van der Waals surface area contributed by atoms with E-state index in [0.29, 0.717) is 30.7 Å². The Balaban J connectivity index is 1.32. The molecule has 3 fully saturated rings. The number of epoxide rings is 1. The summed E-state index contributed by atoms with van der Waals surface area (Å²) in [6.45, 7) is 8.43. The number of anilines is 1. The molecule has 0 saturated carbocycles. The summed E-state index contributed by atoms with van der Waals surface area (Å²) >= 11 is 0. The molecule has 1 aromatic carbocycles. The number of hydrogen-bond acceptors (Lipinski definition) is 8. The third-order valence-corrected chi connectivity index (χ3v) is 9.73. The number of carbonyl (C=O) groups excluding carboxylic acids is 1. The van der Waals surface area contributed by atoms with E-state index in [1.54, 1.807) is 31.4 Å². The second-order valence-electron chi connectivity index (χ2n) is 11.9. The highest BCUT2D eigenvalue weighted by Gasteiger charge is 2.61. The van der Waals surface area contributed by atoms with Gasteiger partial charge in [-0.1, -0.05) is 36.8 Å². The zero-order valence-corrected chi connectivity index (χ0v) is 25.8. The highest BCUT2D eigenvalue weighted by atomic mass is 32.2. The second kappa shape index (κ2) is 12.1. The van der Waals surface area contributed by atoms with Crippen molar-refractivity contribution < 1.29 is 37.3 Å². The van der Waals surface area contributed by atoms with Gasteiger partial charge < -0.3 is 29.4 Å². The van der Waals surface area contributed by atoms with E-state index in [1.807, 2.05) is 32.9 Å². The quantitative estimate of drug-likeness (QED) is 0.331. The Morgan fingerprint density at radius 1 is 1.32 bits per heavy atom. The van der Waals surface area contributed by atoms with E-state index >= 15 is 0 Å². The molecule has 3 heterocycles. The van der Waals surface area contributed by atoms with Crippen LogP contribution in [0.2, 0.25) is 0 Å². The fraction of sp³-hybridized carbons (Fsp3) is 0.633. The van der Waals surface area contributed by atoms with Crippen molar-refractivity contribution in [3.63, 3.8) is 0 Å². The number of nitrogens with one attached hydrogen (secondary N) is 1. The van der Waals surface area contributed by atoms with Crippen LogP contribution in [-0.4, -0.2) is 88.3 Å². The van der Waals surface area contributed by atoms with Crippen LogP contribution in [0.15, 0.2) is 48.1 Å². The van der Waals surface area contributed by atoms with Crippen LogP contribution in [0.3, 0.4) is 0 Å². The Bertz CT molecular complexity index is 1280. The summed E-state index contributed by atoms with van der Waals surface area (Å²) in [5, 5.41) is 13.8. The molecule has 0 radical (unpaired) electrons. The molecule has 0 bridgehead atoms. The minimum Gasteiger partial charge on any atom is -0.387 e. The molecule has 41 heavy (non-hydrogen) atoms. The molecule has 11 heteroatoms. The first kappa shape index (κ1) is 31.7. The second-order valence-corrected chi connectivity index (χ2v) is 13.9. The summed E-state index contributed by atoms with van der Waals surface area (Å²) in [4.78, 5) is 13.0. The smallest absolute Gasteiger partial charge is 0.251 e. The van der Waals surface area contributed by atoms with Gasteiger partial charge in [-0.3, -0.25) is 9.10 Å². The third kappa shape index (κ3) is 7.39. The van der Waals surface area contributed by atoms with Gasteiger partial charge in [0.05, 0.1) is 36.8 Å². The van der Waals surface area contributed by atoms with Crippen molar-refractivity contribution in [2.75, 3.05) is 31.3 Å². The maximum absolute atomic E-state index is 13.0. The Labute approximate surface area is 243 Å². The fourth-order valence-electron chi connectivity index (χ4n) is 5.59. The standard InChI is InChI=1S/C30H44N2O8S/c1-19(12-14-26-27(33)30(18-38-30)17-29(4,37-6)40-26)11-13-25-20(2)15-24(21(3)39-25)31-28(34)22-9-8-10-23(16-22)32(5)41(7,35)36/h8-12,14,16,20-21,24-27,33H,13,15,17-18H2,1-7H3,(H,31,34)/b14-12+,19-11+/t20-,21+,24+,25-,26?,27+,29-,30+/m0/s1. The highest BCUT2D eigenvalue weighted by Crippen LogP contribution is 2.46. The summed E-state index contributed by atoms with van der Waals surface area (Å²) in [5.41, 5.74) is 1.24. The van der Waals surface area contributed by atoms with E-state index in [1.165, 1.54) is 7.05 Å². The predicted molar refractivity (Wildman–Crippen MR) is 156 cm³/mol. The zero-order chi connectivity index (χ0) is 30.2. The lowest BCUT2D eigenvalue weighted by atomic mass is 9.87. The van der Waals surface area contributed by atoms with E-state index in [9.17, 15) is 18.3 Å². The SMILES string of the molecule is CO[C@]1(C)C[C@@]2(CO2)[C@H](O)C(/C=C/C(C)=C/C[C@@H]2O[C@H](C)[C@H](NC(=O)c3cccc(N(C)S(C)(=O)=O)c3)C[C@@H]2C)O1.